The van der Waals surface area contributed by atoms with Crippen molar-refractivity contribution >= 4 is 5.97 Å². The Morgan fingerprint density at radius 3 is 2.50 bits per heavy atom. The highest BCUT2D eigenvalue weighted by Crippen LogP contribution is 2.46. The molecule has 102 valence electrons. The summed E-state index contributed by atoms with van der Waals surface area (Å²) in [6, 6.07) is 0. The summed E-state index contributed by atoms with van der Waals surface area (Å²) in [6.45, 7) is 3.62. The van der Waals surface area contributed by atoms with Crippen LogP contribution in [0.1, 0.15) is 39.5 Å². The Bertz CT molecular complexity index is 358. The predicted molar refractivity (Wildman–Crippen MR) is 61.9 cm³/mol. The third-order valence-electron chi connectivity index (χ3n) is 4.19. The molecule has 0 unspecified atom stereocenters. The third-order valence-corrected chi connectivity index (χ3v) is 4.19. The molecule has 1 aliphatic carbocycles. The van der Waals surface area contributed by atoms with Gasteiger partial charge < -0.3 is 18.9 Å². The Balaban J connectivity index is 1.93. The molecule has 0 amide bonds. The molecule has 2 saturated heterocycles. The van der Waals surface area contributed by atoms with Gasteiger partial charge in [-0.05, 0) is 39.5 Å². The van der Waals surface area contributed by atoms with Crippen LogP contribution in [0.4, 0.5) is 0 Å². The van der Waals surface area contributed by atoms with Gasteiger partial charge in [-0.25, -0.2) is 4.79 Å². The summed E-state index contributed by atoms with van der Waals surface area (Å²) in [5, 5.41) is 0. The van der Waals surface area contributed by atoms with Crippen LogP contribution < -0.4 is 0 Å². The van der Waals surface area contributed by atoms with E-state index in [0.717, 1.165) is 25.7 Å². The van der Waals surface area contributed by atoms with Crippen LogP contribution in [0.25, 0.3) is 0 Å². The maximum absolute atomic E-state index is 12.1. The first-order valence-corrected chi connectivity index (χ1v) is 6.59. The van der Waals surface area contributed by atoms with E-state index in [1.54, 1.807) is 7.11 Å². The Hall–Kier alpha value is -0.650. The minimum absolute atomic E-state index is 0.232. The molecular weight excluding hydrogens is 236 g/mol. The minimum Gasteiger partial charge on any atom is -0.454 e. The maximum Gasteiger partial charge on any atom is 0.338 e. The zero-order valence-corrected chi connectivity index (χ0v) is 11.1. The van der Waals surface area contributed by atoms with Gasteiger partial charge in [0.2, 0.25) is 0 Å². The average Bonchev–Trinajstić information content (AvgIpc) is 2.84. The zero-order chi connectivity index (χ0) is 13.0. The van der Waals surface area contributed by atoms with Crippen LogP contribution in [0.15, 0.2) is 0 Å². The molecular formula is C13H20O5. The van der Waals surface area contributed by atoms with Gasteiger partial charge in [0.25, 0.3) is 0 Å². The summed E-state index contributed by atoms with van der Waals surface area (Å²) >= 11 is 0. The molecule has 3 fully saturated rings. The summed E-state index contributed by atoms with van der Waals surface area (Å²) in [5.74, 6) is -1.06. The number of esters is 1. The first-order valence-electron chi connectivity index (χ1n) is 6.59. The van der Waals surface area contributed by atoms with Crippen LogP contribution in [0, 0.1) is 0 Å². The molecule has 2 heterocycles. The molecule has 0 bridgehead atoms. The van der Waals surface area contributed by atoms with Gasteiger partial charge in [-0.3, -0.25) is 0 Å². The fourth-order valence-corrected chi connectivity index (χ4v) is 3.52. The lowest BCUT2D eigenvalue weighted by Gasteiger charge is -2.43. The number of hydrogen-bond donors (Lipinski definition) is 0. The molecule has 0 aromatic carbocycles. The summed E-state index contributed by atoms with van der Waals surface area (Å²) in [6.07, 6.45) is 2.59. The second kappa shape index (κ2) is 3.92. The second-order valence-corrected chi connectivity index (χ2v) is 5.87. The van der Waals surface area contributed by atoms with Crippen molar-refractivity contribution in [2.75, 3.05) is 7.11 Å². The molecule has 2 aliphatic heterocycles. The summed E-state index contributed by atoms with van der Waals surface area (Å²) in [7, 11) is 1.65. The average molecular weight is 256 g/mol. The maximum atomic E-state index is 12.1. The quantitative estimate of drug-likeness (QED) is 0.664. The largest absolute Gasteiger partial charge is 0.454 e. The minimum atomic E-state index is -0.755. The van der Waals surface area contributed by atoms with Gasteiger partial charge in [-0.15, -0.1) is 0 Å². The van der Waals surface area contributed by atoms with Crippen LogP contribution in [0.2, 0.25) is 0 Å². The van der Waals surface area contributed by atoms with Crippen LogP contribution in [0.3, 0.4) is 0 Å². The lowest BCUT2D eigenvalue weighted by Crippen LogP contribution is -2.61. The molecule has 5 heteroatoms. The highest BCUT2D eigenvalue weighted by atomic mass is 16.8. The van der Waals surface area contributed by atoms with Gasteiger partial charge in [0.05, 0.1) is 0 Å². The molecule has 0 aromatic rings. The lowest BCUT2D eigenvalue weighted by atomic mass is 9.85. The van der Waals surface area contributed by atoms with Gasteiger partial charge in [-0.2, -0.15) is 0 Å². The van der Waals surface area contributed by atoms with Crippen LogP contribution >= 0.6 is 0 Å². The van der Waals surface area contributed by atoms with E-state index in [4.69, 9.17) is 18.9 Å². The van der Waals surface area contributed by atoms with Crippen molar-refractivity contribution < 1.29 is 23.7 Å². The van der Waals surface area contributed by atoms with Gasteiger partial charge in [-0.1, -0.05) is 0 Å². The van der Waals surface area contributed by atoms with Crippen molar-refractivity contribution in [3.8, 4) is 0 Å². The molecule has 3 atom stereocenters. The molecule has 3 rings (SSSR count). The second-order valence-electron chi connectivity index (χ2n) is 5.87. The van der Waals surface area contributed by atoms with E-state index in [1.165, 1.54) is 0 Å². The highest BCUT2D eigenvalue weighted by Gasteiger charge is 2.62. The lowest BCUT2D eigenvalue weighted by molar-refractivity contribution is -0.218. The van der Waals surface area contributed by atoms with Crippen molar-refractivity contribution in [1.82, 2.24) is 0 Å². The molecule has 5 nitrogen and oxygen atoms in total. The molecule has 0 N–H and O–H groups in total. The summed E-state index contributed by atoms with van der Waals surface area (Å²) in [4.78, 5) is 12.1. The van der Waals surface area contributed by atoms with Crippen molar-refractivity contribution in [1.29, 1.82) is 0 Å². The van der Waals surface area contributed by atoms with Gasteiger partial charge in [0.1, 0.15) is 17.8 Å². The Morgan fingerprint density at radius 1 is 1.22 bits per heavy atom. The SMILES string of the molecule is CO[C@@H]1[C@H]2OC(C)(C)O[C@H]2C(=O)OC12CCCC2. The number of fused-ring (bicyclic) bond motifs is 1. The number of methoxy groups -OCH3 is 1. The van der Waals surface area contributed by atoms with Crippen molar-refractivity contribution in [2.24, 2.45) is 0 Å². The van der Waals surface area contributed by atoms with E-state index in [-0.39, 0.29) is 18.2 Å². The fraction of sp³-hybridized carbons (Fsp3) is 0.923. The van der Waals surface area contributed by atoms with E-state index in [2.05, 4.69) is 0 Å². The smallest absolute Gasteiger partial charge is 0.338 e. The standard InChI is InChI=1S/C13H20O5/c1-12(2)16-8-9(17-12)11(14)18-13(10(8)15-3)6-4-5-7-13/h8-10H,4-7H2,1-3H3/t8-,9+,10+/m0/s1. The van der Waals surface area contributed by atoms with E-state index in [1.807, 2.05) is 13.8 Å². The Kier molecular flexibility index (Phi) is 2.70. The molecule has 18 heavy (non-hydrogen) atoms. The van der Waals surface area contributed by atoms with Crippen LogP contribution in [-0.4, -0.2) is 42.8 Å². The van der Waals surface area contributed by atoms with E-state index in [0.29, 0.717) is 0 Å². The monoisotopic (exact) mass is 256 g/mol. The number of carbonyl (C=O) groups excluding carboxylic acids is 1. The third kappa shape index (κ3) is 1.68. The van der Waals surface area contributed by atoms with E-state index >= 15 is 0 Å². The molecule has 1 saturated carbocycles. The van der Waals surface area contributed by atoms with Crippen molar-refractivity contribution in [3.63, 3.8) is 0 Å². The topological polar surface area (TPSA) is 54.0 Å². The number of carbonyl (C=O) groups is 1. The normalized spacial score (nSPS) is 40.8. The molecule has 0 aromatic heterocycles. The first kappa shape index (κ1) is 12.4. The van der Waals surface area contributed by atoms with Crippen molar-refractivity contribution in [3.05, 3.63) is 0 Å². The summed E-state index contributed by atoms with van der Waals surface area (Å²) < 4.78 is 22.8. The highest BCUT2D eigenvalue weighted by molar-refractivity contribution is 5.78. The van der Waals surface area contributed by atoms with E-state index < -0.39 is 17.5 Å². The van der Waals surface area contributed by atoms with Crippen molar-refractivity contribution in [2.45, 2.75) is 69.2 Å². The Morgan fingerprint density at radius 2 is 1.89 bits per heavy atom. The summed E-state index contributed by atoms with van der Waals surface area (Å²) in [5.41, 5.74) is -0.503. The number of rotatable bonds is 1. The molecule has 3 aliphatic rings. The van der Waals surface area contributed by atoms with Crippen LogP contribution in [-0.2, 0) is 23.7 Å². The van der Waals surface area contributed by atoms with Gasteiger partial charge >= 0.3 is 5.97 Å². The first-order chi connectivity index (χ1) is 8.47. The molecule has 0 radical (unpaired) electrons. The van der Waals surface area contributed by atoms with E-state index in [9.17, 15) is 4.79 Å². The fourth-order valence-electron chi connectivity index (χ4n) is 3.52. The predicted octanol–water partition coefficient (Wildman–Crippen LogP) is 1.39. The molecule has 1 spiro atoms. The van der Waals surface area contributed by atoms with Crippen LogP contribution in [0.5, 0.6) is 0 Å². The number of hydrogen-bond acceptors (Lipinski definition) is 5. The Labute approximate surface area is 107 Å². The van der Waals surface area contributed by atoms with Gasteiger partial charge in [0.15, 0.2) is 11.9 Å². The zero-order valence-electron chi connectivity index (χ0n) is 11.1. The number of ether oxygens (including phenoxy) is 4. The van der Waals surface area contributed by atoms with Gasteiger partial charge in [0, 0.05) is 7.11 Å².